The number of amides is 2. The van der Waals surface area contributed by atoms with Gasteiger partial charge in [0.15, 0.2) is 0 Å². The molecule has 0 bridgehead atoms. The van der Waals surface area contributed by atoms with Crippen LogP contribution in [0.2, 0.25) is 10.0 Å². The van der Waals surface area contributed by atoms with Crippen LogP contribution >= 0.6 is 23.2 Å². The molecule has 36 heavy (non-hydrogen) atoms. The minimum Gasteiger partial charge on any atom is -0.352 e. The summed E-state index contributed by atoms with van der Waals surface area (Å²) in [6.07, 6.45) is 5.39. The number of halogens is 2. The van der Waals surface area contributed by atoms with Gasteiger partial charge in [-0.3, -0.25) is 13.9 Å². The summed E-state index contributed by atoms with van der Waals surface area (Å²) in [5, 5.41) is 3.80. The van der Waals surface area contributed by atoms with Crippen LogP contribution in [0.5, 0.6) is 0 Å². The van der Waals surface area contributed by atoms with Gasteiger partial charge in [0.25, 0.3) is 0 Å². The first kappa shape index (κ1) is 28.3. The van der Waals surface area contributed by atoms with Crippen molar-refractivity contribution in [1.29, 1.82) is 0 Å². The highest BCUT2D eigenvalue weighted by atomic mass is 35.5. The molecular weight excluding hydrogens is 521 g/mol. The Bertz CT molecular complexity index is 1180. The third-order valence-electron chi connectivity index (χ3n) is 6.43. The van der Waals surface area contributed by atoms with Gasteiger partial charge in [-0.05, 0) is 56.0 Å². The van der Waals surface area contributed by atoms with E-state index in [1.165, 1.54) is 4.90 Å². The summed E-state index contributed by atoms with van der Waals surface area (Å²) in [4.78, 5) is 28.5. The molecule has 1 saturated carbocycles. The van der Waals surface area contributed by atoms with Gasteiger partial charge in [0.2, 0.25) is 21.8 Å². The lowest BCUT2D eigenvalue weighted by Gasteiger charge is -2.33. The molecule has 0 radical (unpaired) electrons. The smallest absolute Gasteiger partial charge is 0.244 e. The number of carbonyl (C=O) groups excluding carboxylic acids is 2. The number of hydrogen-bond acceptors (Lipinski definition) is 4. The summed E-state index contributed by atoms with van der Waals surface area (Å²) < 4.78 is 26.4. The fraction of sp³-hybridized carbons (Fsp3) is 0.462. The topological polar surface area (TPSA) is 86.8 Å². The maximum Gasteiger partial charge on any atom is 0.244 e. The van der Waals surface area contributed by atoms with E-state index in [9.17, 15) is 18.0 Å². The van der Waals surface area contributed by atoms with E-state index < -0.39 is 28.5 Å². The average Bonchev–Trinajstić information content (AvgIpc) is 3.32. The van der Waals surface area contributed by atoms with Crippen molar-refractivity contribution >= 4 is 50.7 Å². The van der Waals surface area contributed by atoms with Crippen molar-refractivity contribution in [2.24, 2.45) is 0 Å². The average molecular weight is 555 g/mol. The Morgan fingerprint density at radius 2 is 1.69 bits per heavy atom. The van der Waals surface area contributed by atoms with Crippen molar-refractivity contribution in [2.75, 3.05) is 17.1 Å². The summed E-state index contributed by atoms with van der Waals surface area (Å²) in [5.41, 5.74) is 2.04. The van der Waals surface area contributed by atoms with E-state index in [1.807, 2.05) is 13.8 Å². The van der Waals surface area contributed by atoms with E-state index in [-0.39, 0.29) is 18.5 Å². The number of anilines is 1. The van der Waals surface area contributed by atoms with Gasteiger partial charge in [-0.15, -0.1) is 0 Å². The second-order valence-electron chi connectivity index (χ2n) is 9.29. The predicted molar refractivity (Wildman–Crippen MR) is 145 cm³/mol. The zero-order chi connectivity index (χ0) is 26.5. The van der Waals surface area contributed by atoms with E-state index in [0.29, 0.717) is 27.7 Å². The maximum absolute atomic E-state index is 13.7. The number of hydrogen-bond donors (Lipinski definition) is 1. The third kappa shape index (κ3) is 7.37. The van der Waals surface area contributed by atoms with Gasteiger partial charge in [-0.2, -0.15) is 0 Å². The highest BCUT2D eigenvalue weighted by Crippen LogP contribution is 2.25. The fourth-order valence-electron chi connectivity index (χ4n) is 4.45. The van der Waals surface area contributed by atoms with Crippen LogP contribution in [0.15, 0.2) is 42.5 Å². The molecule has 2 aromatic carbocycles. The van der Waals surface area contributed by atoms with Crippen LogP contribution in [-0.2, 0) is 26.2 Å². The molecule has 1 N–H and O–H groups in total. The number of aryl methyl sites for hydroxylation is 1. The van der Waals surface area contributed by atoms with Gasteiger partial charge in [-0.25, -0.2) is 8.42 Å². The van der Waals surface area contributed by atoms with Crippen LogP contribution in [0.4, 0.5) is 5.69 Å². The number of sulfonamides is 1. The van der Waals surface area contributed by atoms with Crippen molar-refractivity contribution in [2.45, 2.75) is 64.6 Å². The summed E-state index contributed by atoms with van der Waals surface area (Å²) in [7, 11) is -3.77. The van der Waals surface area contributed by atoms with Gasteiger partial charge < -0.3 is 10.2 Å². The van der Waals surface area contributed by atoms with Crippen molar-refractivity contribution in [3.8, 4) is 0 Å². The van der Waals surface area contributed by atoms with Gasteiger partial charge in [0, 0.05) is 12.6 Å². The molecule has 0 saturated heterocycles. The number of nitrogens with one attached hydrogen (secondary N) is 1. The standard InChI is InChI=1S/C26H33Cl2N3O4S/c1-4-24(26(33)29-20-7-5-6-8-20)30(16-19-11-14-22(27)23(28)15-19)25(32)17-31(36(3,34)35)21-12-9-18(2)10-13-21/h9-15,20,24H,4-8,16-17H2,1-3H3,(H,29,33). The van der Waals surface area contributed by atoms with Crippen LogP contribution in [0.1, 0.15) is 50.2 Å². The summed E-state index contributed by atoms with van der Waals surface area (Å²) in [6.45, 7) is 3.38. The van der Waals surface area contributed by atoms with E-state index in [4.69, 9.17) is 23.2 Å². The van der Waals surface area contributed by atoms with Crippen molar-refractivity contribution in [3.05, 3.63) is 63.6 Å². The number of carbonyl (C=O) groups is 2. The Labute approximate surface area is 223 Å². The predicted octanol–water partition coefficient (Wildman–Crippen LogP) is 4.93. The number of nitrogens with zero attached hydrogens (tertiary/aromatic N) is 2. The van der Waals surface area contributed by atoms with E-state index in [1.54, 1.807) is 42.5 Å². The maximum atomic E-state index is 13.7. The molecular formula is C26H33Cl2N3O4S. The number of rotatable bonds is 10. The molecule has 1 atom stereocenters. The molecule has 1 unspecified atom stereocenters. The molecule has 2 amide bonds. The molecule has 0 spiro atoms. The summed E-state index contributed by atoms with van der Waals surface area (Å²) in [5.74, 6) is -0.723. The molecule has 0 aliphatic heterocycles. The van der Waals surface area contributed by atoms with Crippen LogP contribution in [0, 0.1) is 6.92 Å². The van der Waals surface area contributed by atoms with Crippen molar-refractivity contribution in [1.82, 2.24) is 10.2 Å². The SMILES string of the molecule is CCC(C(=O)NC1CCCC1)N(Cc1ccc(Cl)c(Cl)c1)C(=O)CN(c1ccc(C)cc1)S(C)(=O)=O. The molecule has 1 aliphatic rings. The lowest BCUT2D eigenvalue weighted by molar-refractivity contribution is -0.140. The number of benzene rings is 2. The zero-order valence-electron chi connectivity index (χ0n) is 20.8. The highest BCUT2D eigenvalue weighted by Gasteiger charge is 2.33. The minimum absolute atomic E-state index is 0.0812. The Morgan fingerprint density at radius 1 is 1.06 bits per heavy atom. The molecule has 1 aliphatic carbocycles. The Morgan fingerprint density at radius 3 is 2.25 bits per heavy atom. The first-order valence-corrected chi connectivity index (χ1v) is 14.7. The molecule has 2 aromatic rings. The molecule has 1 fully saturated rings. The van der Waals surface area contributed by atoms with Gasteiger partial charge in [0.1, 0.15) is 12.6 Å². The second-order valence-corrected chi connectivity index (χ2v) is 12.0. The Hall–Kier alpha value is -2.29. The van der Waals surface area contributed by atoms with Gasteiger partial charge in [-0.1, -0.05) is 66.7 Å². The summed E-state index contributed by atoms with van der Waals surface area (Å²) in [6, 6.07) is 11.3. The van der Waals surface area contributed by atoms with E-state index >= 15 is 0 Å². The summed E-state index contributed by atoms with van der Waals surface area (Å²) >= 11 is 12.3. The first-order chi connectivity index (χ1) is 17.0. The van der Waals surface area contributed by atoms with Crippen LogP contribution in [-0.4, -0.2) is 50.0 Å². The second kappa shape index (κ2) is 12.3. The first-order valence-electron chi connectivity index (χ1n) is 12.1. The van der Waals surface area contributed by atoms with Crippen LogP contribution in [0.3, 0.4) is 0 Å². The Kier molecular flexibility index (Phi) is 9.66. The normalized spacial score (nSPS) is 14.9. The minimum atomic E-state index is -3.77. The Balaban J connectivity index is 1.93. The quantitative estimate of drug-likeness (QED) is 0.451. The molecule has 3 rings (SSSR count). The van der Waals surface area contributed by atoms with Gasteiger partial charge in [0.05, 0.1) is 22.0 Å². The molecule has 7 nitrogen and oxygen atoms in total. The monoisotopic (exact) mass is 553 g/mol. The third-order valence-corrected chi connectivity index (χ3v) is 8.31. The van der Waals surface area contributed by atoms with Gasteiger partial charge >= 0.3 is 0 Å². The largest absolute Gasteiger partial charge is 0.352 e. The highest BCUT2D eigenvalue weighted by molar-refractivity contribution is 7.92. The lowest BCUT2D eigenvalue weighted by Crippen LogP contribution is -2.53. The zero-order valence-corrected chi connectivity index (χ0v) is 23.2. The fourth-order valence-corrected chi connectivity index (χ4v) is 5.62. The van der Waals surface area contributed by atoms with Crippen LogP contribution in [0.25, 0.3) is 0 Å². The van der Waals surface area contributed by atoms with E-state index in [0.717, 1.165) is 41.8 Å². The van der Waals surface area contributed by atoms with Crippen LogP contribution < -0.4 is 9.62 Å². The molecule has 0 heterocycles. The van der Waals surface area contributed by atoms with E-state index in [2.05, 4.69) is 5.32 Å². The van der Waals surface area contributed by atoms with Crippen molar-refractivity contribution < 1.29 is 18.0 Å². The van der Waals surface area contributed by atoms with Crippen molar-refractivity contribution in [3.63, 3.8) is 0 Å². The molecule has 0 aromatic heterocycles. The molecule has 10 heteroatoms. The molecule has 196 valence electrons. The lowest BCUT2D eigenvalue weighted by atomic mass is 10.1.